The van der Waals surface area contributed by atoms with Crippen LogP contribution in [0.1, 0.15) is 27.7 Å². The molecule has 2 unspecified atom stereocenters. The van der Waals surface area contributed by atoms with Crippen LogP contribution in [0, 0.1) is 0 Å². The highest BCUT2D eigenvalue weighted by Crippen LogP contribution is 2.03. The summed E-state index contributed by atoms with van der Waals surface area (Å²) in [7, 11) is 0. The molecule has 1 heterocycles. The molecule has 1 rings (SSSR count). The van der Waals surface area contributed by atoms with Crippen molar-refractivity contribution in [3.8, 4) is 0 Å². The molecule has 0 saturated carbocycles. The first kappa shape index (κ1) is 12.5. The van der Waals surface area contributed by atoms with Gasteiger partial charge in [0.25, 0.3) is 0 Å². The Morgan fingerprint density at radius 2 is 1.93 bits per heavy atom. The quantitative estimate of drug-likeness (QED) is 0.703. The van der Waals surface area contributed by atoms with Crippen molar-refractivity contribution in [3.05, 3.63) is 0 Å². The van der Waals surface area contributed by atoms with Crippen LogP contribution >= 0.6 is 0 Å². The molecule has 0 aromatic rings. The first-order chi connectivity index (χ1) is 6.97. The molecule has 2 atom stereocenters. The molecule has 1 amide bonds. The van der Waals surface area contributed by atoms with E-state index in [0.717, 1.165) is 13.1 Å². The van der Waals surface area contributed by atoms with Crippen LogP contribution in [0.15, 0.2) is 0 Å². The van der Waals surface area contributed by atoms with E-state index in [9.17, 15) is 4.79 Å². The van der Waals surface area contributed by atoms with E-state index in [1.807, 2.05) is 13.8 Å². The van der Waals surface area contributed by atoms with E-state index in [4.69, 9.17) is 0 Å². The van der Waals surface area contributed by atoms with Crippen LogP contribution in [0.3, 0.4) is 0 Å². The highest BCUT2D eigenvalue weighted by atomic mass is 16.2. The maximum atomic E-state index is 11.6. The van der Waals surface area contributed by atoms with E-state index >= 15 is 0 Å². The van der Waals surface area contributed by atoms with Crippen LogP contribution in [0.25, 0.3) is 0 Å². The van der Waals surface area contributed by atoms with E-state index < -0.39 is 0 Å². The second-order valence-corrected chi connectivity index (χ2v) is 4.89. The Kier molecular flexibility index (Phi) is 4.54. The normalized spacial score (nSPS) is 28.1. The van der Waals surface area contributed by atoms with Gasteiger partial charge in [0.2, 0.25) is 5.91 Å². The Morgan fingerprint density at radius 3 is 2.40 bits per heavy atom. The summed E-state index contributed by atoms with van der Waals surface area (Å²) in [5.41, 5.74) is 0. The lowest BCUT2D eigenvalue weighted by atomic mass is 10.1. The van der Waals surface area contributed by atoms with E-state index in [1.54, 1.807) is 0 Å². The number of carbonyl (C=O) groups is 1. The molecule has 1 saturated heterocycles. The van der Waals surface area contributed by atoms with Gasteiger partial charge in [-0.25, -0.2) is 0 Å². The molecule has 15 heavy (non-hydrogen) atoms. The minimum atomic E-state index is 0.131. The Hall–Kier alpha value is -0.610. The van der Waals surface area contributed by atoms with Crippen LogP contribution in [0.2, 0.25) is 0 Å². The van der Waals surface area contributed by atoms with Crippen molar-refractivity contribution in [2.24, 2.45) is 0 Å². The number of nitrogens with one attached hydrogen (secondary N) is 2. The van der Waals surface area contributed by atoms with Crippen molar-refractivity contribution >= 4 is 5.91 Å². The highest BCUT2D eigenvalue weighted by molar-refractivity contribution is 5.78. The Morgan fingerprint density at radius 1 is 1.40 bits per heavy atom. The van der Waals surface area contributed by atoms with E-state index in [0.29, 0.717) is 18.6 Å². The second kappa shape index (κ2) is 5.47. The van der Waals surface area contributed by atoms with E-state index in [2.05, 4.69) is 29.4 Å². The van der Waals surface area contributed by atoms with Crippen molar-refractivity contribution in [1.82, 2.24) is 15.5 Å². The number of hydrogen-bond donors (Lipinski definition) is 2. The van der Waals surface area contributed by atoms with Crippen LogP contribution in [-0.4, -0.2) is 48.6 Å². The number of amides is 1. The summed E-state index contributed by atoms with van der Waals surface area (Å²) >= 11 is 0. The Labute approximate surface area is 92.4 Å². The predicted octanol–water partition coefficient (Wildman–Crippen LogP) is 0.193. The number of nitrogens with zero attached hydrogens (tertiary/aromatic N) is 1. The van der Waals surface area contributed by atoms with Crippen LogP contribution in [0.5, 0.6) is 0 Å². The molecule has 1 fully saturated rings. The molecular formula is C11H23N3O. The van der Waals surface area contributed by atoms with E-state index in [-0.39, 0.29) is 11.9 Å². The van der Waals surface area contributed by atoms with Gasteiger partial charge in [0.1, 0.15) is 0 Å². The van der Waals surface area contributed by atoms with Crippen molar-refractivity contribution in [1.29, 1.82) is 0 Å². The van der Waals surface area contributed by atoms with Crippen molar-refractivity contribution in [2.45, 2.75) is 45.8 Å². The monoisotopic (exact) mass is 213 g/mol. The summed E-state index contributed by atoms with van der Waals surface area (Å²) in [4.78, 5) is 13.8. The van der Waals surface area contributed by atoms with Gasteiger partial charge in [0.15, 0.2) is 0 Å². The summed E-state index contributed by atoms with van der Waals surface area (Å²) in [6.45, 7) is 10.7. The number of carbonyl (C=O) groups excluding carboxylic acids is 1. The van der Waals surface area contributed by atoms with Gasteiger partial charge in [-0.3, -0.25) is 9.69 Å². The summed E-state index contributed by atoms with van der Waals surface area (Å²) in [5, 5.41) is 6.37. The molecule has 1 aliphatic heterocycles. The highest BCUT2D eigenvalue weighted by Gasteiger charge is 2.22. The second-order valence-electron chi connectivity index (χ2n) is 4.89. The minimum Gasteiger partial charge on any atom is -0.353 e. The first-order valence-electron chi connectivity index (χ1n) is 5.75. The average Bonchev–Trinajstić information content (AvgIpc) is 1.98. The summed E-state index contributed by atoms with van der Waals surface area (Å²) in [5.74, 6) is 0.131. The maximum absolute atomic E-state index is 11.6. The smallest absolute Gasteiger partial charge is 0.234 e. The van der Waals surface area contributed by atoms with Gasteiger partial charge in [0, 0.05) is 31.2 Å². The zero-order valence-corrected chi connectivity index (χ0v) is 10.2. The largest absolute Gasteiger partial charge is 0.353 e. The number of rotatable bonds is 3. The lowest BCUT2D eigenvalue weighted by molar-refractivity contribution is -0.123. The van der Waals surface area contributed by atoms with Gasteiger partial charge in [-0.2, -0.15) is 0 Å². The molecule has 0 aromatic carbocycles. The molecule has 4 nitrogen and oxygen atoms in total. The summed E-state index contributed by atoms with van der Waals surface area (Å²) < 4.78 is 0. The molecule has 0 aromatic heterocycles. The van der Waals surface area contributed by atoms with Crippen molar-refractivity contribution < 1.29 is 4.79 Å². The van der Waals surface area contributed by atoms with Gasteiger partial charge in [-0.15, -0.1) is 0 Å². The zero-order valence-electron chi connectivity index (χ0n) is 10.2. The van der Waals surface area contributed by atoms with Crippen molar-refractivity contribution in [3.63, 3.8) is 0 Å². The molecule has 0 radical (unpaired) electrons. The SMILES string of the molecule is CC(C)NC(=O)CN1CC(C)NC(C)C1. The summed E-state index contributed by atoms with van der Waals surface area (Å²) in [6, 6.07) is 1.18. The molecule has 2 N–H and O–H groups in total. The van der Waals surface area contributed by atoms with Gasteiger partial charge in [-0.05, 0) is 27.7 Å². The Bertz CT molecular complexity index is 208. The van der Waals surface area contributed by atoms with Gasteiger partial charge < -0.3 is 10.6 Å². The third-order valence-corrected chi connectivity index (χ3v) is 2.45. The predicted molar refractivity (Wildman–Crippen MR) is 61.8 cm³/mol. The molecule has 0 aliphatic carbocycles. The standard InChI is InChI=1S/C11H23N3O/c1-8(2)12-11(15)7-14-5-9(3)13-10(4)6-14/h8-10,13H,5-7H2,1-4H3,(H,12,15). The van der Waals surface area contributed by atoms with Gasteiger partial charge >= 0.3 is 0 Å². The first-order valence-corrected chi connectivity index (χ1v) is 5.75. The number of hydrogen-bond acceptors (Lipinski definition) is 3. The summed E-state index contributed by atoms with van der Waals surface area (Å²) in [6.07, 6.45) is 0. The van der Waals surface area contributed by atoms with Gasteiger partial charge in [-0.1, -0.05) is 0 Å². The molecular weight excluding hydrogens is 190 g/mol. The fourth-order valence-corrected chi connectivity index (χ4v) is 2.14. The van der Waals surface area contributed by atoms with Gasteiger partial charge in [0.05, 0.1) is 6.54 Å². The molecule has 88 valence electrons. The van der Waals surface area contributed by atoms with Crippen LogP contribution in [0.4, 0.5) is 0 Å². The third-order valence-electron chi connectivity index (χ3n) is 2.45. The maximum Gasteiger partial charge on any atom is 0.234 e. The fourth-order valence-electron chi connectivity index (χ4n) is 2.14. The molecule has 0 bridgehead atoms. The van der Waals surface area contributed by atoms with Crippen LogP contribution < -0.4 is 10.6 Å². The average molecular weight is 213 g/mol. The van der Waals surface area contributed by atoms with Crippen LogP contribution in [-0.2, 0) is 4.79 Å². The number of piperazine rings is 1. The fraction of sp³-hybridized carbons (Fsp3) is 0.909. The molecule has 4 heteroatoms. The zero-order chi connectivity index (χ0) is 11.4. The molecule has 0 spiro atoms. The lowest BCUT2D eigenvalue weighted by Gasteiger charge is -2.35. The topological polar surface area (TPSA) is 44.4 Å². The van der Waals surface area contributed by atoms with Crippen molar-refractivity contribution in [2.75, 3.05) is 19.6 Å². The molecule has 1 aliphatic rings. The van der Waals surface area contributed by atoms with E-state index in [1.165, 1.54) is 0 Å². The Balaban J connectivity index is 2.34. The minimum absolute atomic E-state index is 0.131. The lowest BCUT2D eigenvalue weighted by Crippen LogP contribution is -2.56. The third kappa shape index (κ3) is 4.62.